The largest absolute Gasteiger partial charge is 0.497 e. The smallest absolute Gasteiger partial charge is 0.410 e. The highest BCUT2D eigenvalue weighted by molar-refractivity contribution is 6.04. The third-order valence-corrected chi connectivity index (χ3v) is 7.52. The van der Waals surface area contributed by atoms with Crippen LogP contribution < -0.4 is 9.47 Å². The third kappa shape index (κ3) is 8.20. The van der Waals surface area contributed by atoms with Crippen molar-refractivity contribution in [1.82, 2.24) is 4.90 Å². The molecular weight excluding hydrogens is 578 g/mol. The Labute approximate surface area is 263 Å². The summed E-state index contributed by atoms with van der Waals surface area (Å²) >= 11 is 0. The molecule has 0 aliphatic carbocycles. The number of hydrogen-bond donors (Lipinski definition) is 0. The fraction of sp³-hybridized carbons (Fsp3) is 0.371. The van der Waals surface area contributed by atoms with E-state index in [1.165, 1.54) is 19.1 Å². The van der Waals surface area contributed by atoms with Crippen molar-refractivity contribution in [3.05, 3.63) is 95.6 Å². The molecule has 0 N–H and O–H groups in total. The molecule has 0 bridgehead atoms. The van der Waals surface area contributed by atoms with E-state index < -0.39 is 40.9 Å². The Hall–Kier alpha value is -4.86. The minimum Gasteiger partial charge on any atom is -0.497 e. The second kappa shape index (κ2) is 14.3. The predicted octanol–water partition coefficient (Wildman–Crippen LogP) is 5.93. The minimum absolute atomic E-state index is 0.0457. The van der Waals surface area contributed by atoms with Crippen molar-refractivity contribution >= 4 is 23.8 Å². The molecule has 0 aromatic heterocycles. The number of carbonyl (C=O) groups is 4. The van der Waals surface area contributed by atoms with Crippen LogP contribution in [0.15, 0.2) is 78.9 Å². The molecule has 1 atom stereocenters. The van der Waals surface area contributed by atoms with Gasteiger partial charge in [0.1, 0.15) is 23.7 Å². The van der Waals surface area contributed by atoms with Gasteiger partial charge in [-0.15, -0.1) is 0 Å². The summed E-state index contributed by atoms with van der Waals surface area (Å²) in [4.78, 5) is 56.0. The van der Waals surface area contributed by atoms with E-state index in [1.807, 2.05) is 18.2 Å². The number of ketones is 1. The standard InChI is InChI=1S/C35H39NO9/c1-34(2,3)45-33(40)36-21-19-35(20-22-36,31(38)43-23-24-9-7-6-8-10-24)32(39)44-30(26-13-17-28(42-5)18-14-26)29(37)25-11-15-27(41-4)16-12-25/h6-18,30H,19-23H2,1-5H3. The fourth-order valence-corrected chi connectivity index (χ4v) is 4.93. The first-order chi connectivity index (χ1) is 21.5. The molecule has 1 heterocycles. The lowest BCUT2D eigenvalue weighted by molar-refractivity contribution is -0.179. The van der Waals surface area contributed by atoms with E-state index in [4.69, 9.17) is 23.7 Å². The molecule has 4 rings (SSSR count). The van der Waals surface area contributed by atoms with Gasteiger partial charge in [-0.1, -0.05) is 42.5 Å². The molecule has 1 amide bonds. The summed E-state index contributed by atoms with van der Waals surface area (Å²) in [6, 6.07) is 22.1. The molecule has 45 heavy (non-hydrogen) atoms. The molecule has 1 aliphatic rings. The molecule has 10 heteroatoms. The van der Waals surface area contributed by atoms with Crippen LogP contribution in [-0.4, -0.2) is 61.6 Å². The van der Waals surface area contributed by atoms with Crippen molar-refractivity contribution in [2.45, 2.75) is 51.9 Å². The van der Waals surface area contributed by atoms with Crippen molar-refractivity contribution in [3.8, 4) is 11.5 Å². The minimum atomic E-state index is -1.77. The van der Waals surface area contributed by atoms with Crippen molar-refractivity contribution in [3.63, 3.8) is 0 Å². The van der Waals surface area contributed by atoms with Crippen LogP contribution in [0.5, 0.6) is 11.5 Å². The topological polar surface area (TPSA) is 118 Å². The van der Waals surface area contributed by atoms with Gasteiger partial charge in [-0.3, -0.25) is 14.4 Å². The van der Waals surface area contributed by atoms with Gasteiger partial charge in [0, 0.05) is 24.2 Å². The zero-order valence-corrected chi connectivity index (χ0v) is 26.2. The number of likely N-dealkylation sites (tertiary alicyclic amines) is 1. The van der Waals surface area contributed by atoms with Crippen LogP contribution >= 0.6 is 0 Å². The first kappa shape index (κ1) is 33.0. The van der Waals surface area contributed by atoms with E-state index in [2.05, 4.69) is 0 Å². The number of rotatable bonds is 10. The molecule has 3 aromatic carbocycles. The van der Waals surface area contributed by atoms with E-state index in [0.717, 1.165) is 5.56 Å². The Balaban J connectivity index is 1.64. The van der Waals surface area contributed by atoms with Gasteiger partial charge >= 0.3 is 18.0 Å². The number of nitrogens with zero attached hydrogens (tertiary/aromatic N) is 1. The molecule has 1 aliphatic heterocycles. The molecule has 0 spiro atoms. The predicted molar refractivity (Wildman–Crippen MR) is 165 cm³/mol. The maximum Gasteiger partial charge on any atom is 0.410 e. The molecule has 1 fully saturated rings. The second-order valence-corrected chi connectivity index (χ2v) is 11.8. The van der Waals surface area contributed by atoms with E-state index in [1.54, 1.807) is 81.4 Å². The number of ether oxygens (including phenoxy) is 5. The SMILES string of the molecule is COc1ccc(C(=O)C(OC(=O)C2(C(=O)OCc3ccccc3)CCN(C(=O)OC(C)(C)C)CC2)c2ccc(OC)cc2)cc1. The van der Waals surface area contributed by atoms with Crippen molar-refractivity contribution in [2.24, 2.45) is 5.41 Å². The van der Waals surface area contributed by atoms with Gasteiger partial charge < -0.3 is 28.6 Å². The van der Waals surface area contributed by atoms with Crippen molar-refractivity contribution < 1.29 is 42.9 Å². The molecule has 1 unspecified atom stereocenters. The number of hydrogen-bond acceptors (Lipinski definition) is 9. The first-order valence-corrected chi connectivity index (χ1v) is 14.7. The number of piperidine rings is 1. The van der Waals surface area contributed by atoms with Gasteiger partial charge in [-0.2, -0.15) is 0 Å². The molecule has 10 nitrogen and oxygen atoms in total. The molecule has 0 radical (unpaired) electrons. The summed E-state index contributed by atoms with van der Waals surface area (Å²) in [5.41, 5.74) is -1.06. The van der Waals surface area contributed by atoms with Gasteiger partial charge in [0.25, 0.3) is 0 Å². The maximum atomic E-state index is 14.2. The molecule has 3 aromatic rings. The first-order valence-electron chi connectivity index (χ1n) is 14.7. The zero-order chi connectivity index (χ0) is 32.6. The monoisotopic (exact) mass is 617 g/mol. The maximum absolute atomic E-state index is 14.2. The van der Waals surface area contributed by atoms with Crippen molar-refractivity contribution in [1.29, 1.82) is 0 Å². The van der Waals surface area contributed by atoms with Crippen LogP contribution in [0, 0.1) is 5.41 Å². The lowest BCUT2D eigenvalue weighted by Crippen LogP contribution is -2.52. The summed E-state index contributed by atoms with van der Waals surface area (Å²) < 4.78 is 27.6. The Morgan fingerprint density at radius 1 is 0.778 bits per heavy atom. The van der Waals surface area contributed by atoms with Crippen LogP contribution in [0.2, 0.25) is 0 Å². The summed E-state index contributed by atoms with van der Waals surface area (Å²) in [6.45, 7) is 5.31. The number of Topliss-reactive ketones (excluding diaryl/α,β-unsaturated/α-hetero) is 1. The highest BCUT2D eigenvalue weighted by Gasteiger charge is 2.53. The average molecular weight is 618 g/mol. The summed E-state index contributed by atoms with van der Waals surface area (Å²) in [6.07, 6.45) is -2.08. The van der Waals surface area contributed by atoms with Gasteiger partial charge in [0.05, 0.1) is 14.2 Å². The Morgan fingerprint density at radius 3 is 1.87 bits per heavy atom. The lowest BCUT2D eigenvalue weighted by atomic mass is 9.78. The average Bonchev–Trinajstić information content (AvgIpc) is 3.05. The molecule has 238 valence electrons. The van der Waals surface area contributed by atoms with Crippen LogP contribution in [0.4, 0.5) is 4.79 Å². The van der Waals surface area contributed by atoms with Gasteiger partial charge in [-0.05, 0) is 75.6 Å². The van der Waals surface area contributed by atoms with E-state index in [9.17, 15) is 19.2 Å². The zero-order valence-electron chi connectivity index (χ0n) is 26.2. The van der Waals surface area contributed by atoms with Crippen LogP contribution in [0.3, 0.4) is 0 Å². The number of amides is 1. The fourth-order valence-electron chi connectivity index (χ4n) is 4.93. The highest BCUT2D eigenvalue weighted by atomic mass is 16.6. The van der Waals surface area contributed by atoms with Gasteiger partial charge in [0.15, 0.2) is 11.5 Å². The number of esters is 2. The van der Waals surface area contributed by atoms with Gasteiger partial charge in [0.2, 0.25) is 5.78 Å². The van der Waals surface area contributed by atoms with Crippen LogP contribution in [-0.2, 0) is 30.4 Å². The normalized spacial score (nSPS) is 14.9. The van der Waals surface area contributed by atoms with Crippen LogP contribution in [0.1, 0.15) is 61.2 Å². The Morgan fingerprint density at radius 2 is 1.33 bits per heavy atom. The quantitative estimate of drug-likeness (QED) is 0.118. The van der Waals surface area contributed by atoms with Gasteiger partial charge in [-0.25, -0.2) is 4.79 Å². The highest BCUT2D eigenvalue weighted by Crippen LogP contribution is 2.38. The van der Waals surface area contributed by atoms with E-state index in [0.29, 0.717) is 17.1 Å². The summed E-state index contributed by atoms with van der Waals surface area (Å²) in [5, 5.41) is 0. The number of methoxy groups -OCH3 is 2. The number of carbonyl (C=O) groups excluding carboxylic acids is 4. The summed E-state index contributed by atoms with van der Waals surface area (Å²) in [7, 11) is 3.03. The van der Waals surface area contributed by atoms with E-state index in [-0.39, 0.29) is 38.1 Å². The Kier molecular flexibility index (Phi) is 10.5. The molecular formula is C35H39NO9. The van der Waals surface area contributed by atoms with Crippen LogP contribution in [0.25, 0.3) is 0 Å². The molecule has 0 saturated carbocycles. The lowest BCUT2D eigenvalue weighted by Gasteiger charge is -2.39. The summed E-state index contributed by atoms with van der Waals surface area (Å²) in [5.74, 6) is -1.08. The molecule has 1 saturated heterocycles. The second-order valence-electron chi connectivity index (χ2n) is 11.8. The Bertz CT molecular complexity index is 1470. The van der Waals surface area contributed by atoms with Crippen molar-refractivity contribution in [2.75, 3.05) is 27.3 Å². The van der Waals surface area contributed by atoms with E-state index >= 15 is 0 Å². The number of benzene rings is 3. The third-order valence-electron chi connectivity index (χ3n) is 7.52.